The number of carbonyl (C=O) groups is 3. The summed E-state index contributed by atoms with van der Waals surface area (Å²) < 4.78 is 33.0. The first-order valence-electron chi connectivity index (χ1n) is 8.16. The van der Waals surface area contributed by atoms with Crippen LogP contribution >= 0.6 is 11.6 Å². The third-order valence-electron chi connectivity index (χ3n) is 4.20. The predicted octanol–water partition coefficient (Wildman–Crippen LogP) is 2.30. The predicted molar refractivity (Wildman–Crippen MR) is 96.4 cm³/mol. The molecule has 0 unspecified atom stereocenters. The van der Waals surface area contributed by atoms with Gasteiger partial charge in [0.2, 0.25) is 0 Å². The smallest absolute Gasteiger partial charge is 0.293 e. The molecule has 0 aliphatic carbocycles. The lowest BCUT2D eigenvalue weighted by Crippen LogP contribution is -2.61. The average Bonchev–Trinajstić information content (AvgIpc) is 2.99. The number of hydrogen-bond acceptors (Lipinski definition) is 4. The van der Waals surface area contributed by atoms with Gasteiger partial charge < -0.3 is 19.9 Å². The summed E-state index contributed by atoms with van der Waals surface area (Å²) in [6.07, 6.45) is 1.33. The van der Waals surface area contributed by atoms with Crippen LogP contribution in [-0.4, -0.2) is 40.9 Å². The number of rotatable bonds is 5. The molecule has 0 radical (unpaired) electrons. The maximum atomic E-state index is 13.4. The number of halogens is 3. The van der Waals surface area contributed by atoms with Crippen molar-refractivity contribution in [3.8, 4) is 0 Å². The van der Waals surface area contributed by atoms with Gasteiger partial charge in [-0.2, -0.15) is 0 Å². The van der Waals surface area contributed by atoms with E-state index < -0.39 is 39.8 Å². The van der Waals surface area contributed by atoms with Gasteiger partial charge in [0.1, 0.15) is 5.69 Å². The van der Waals surface area contributed by atoms with Crippen molar-refractivity contribution in [2.24, 2.45) is 7.05 Å². The first-order chi connectivity index (χ1) is 13.1. The molecule has 0 atom stereocenters. The molecule has 28 heavy (non-hydrogen) atoms. The summed E-state index contributed by atoms with van der Waals surface area (Å²) in [5.41, 5.74) is -0.598. The summed E-state index contributed by atoms with van der Waals surface area (Å²) in [7, 11) is 1.50. The van der Waals surface area contributed by atoms with Gasteiger partial charge in [0, 0.05) is 30.6 Å². The summed E-state index contributed by atoms with van der Waals surface area (Å²) in [4.78, 5) is 36.9. The molecule has 1 aromatic carbocycles. The second kappa shape index (κ2) is 7.33. The number of ketones is 1. The molecule has 2 heterocycles. The Labute approximate surface area is 163 Å². The molecular formula is C18H16ClF2N3O4. The number of hydrogen-bond donors (Lipinski definition) is 2. The van der Waals surface area contributed by atoms with Gasteiger partial charge in [0.25, 0.3) is 17.6 Å². The Bertz CT molecular complexity index is 962. The standard InChI is InChI=1S/C18H16ClF2N3O4/c1-18(7-28-8-18)23-17(27)15(25)9-3-13(24(2)6-9)16(26)22-10-4-11(19)14(21)12(20)5-10/h3-6H,7-8H2,1-2H3,(H,22,26)(H,23,27). The van der Waals surface area contributed by atoms with Crippen molar-refractivity contribution in [2.75, 3.05) is 18.5 Å². The molecule has 2 amide bonds. The van der Waals surface area contributed by atoms with Gasteiger partial charge in [-0.1, -0.05) is 11.6 Å². The maximum Gasteiger partial charge on any atom is 0.293 e. The van der Waals surface area contributed by atoms with Gasteiger partial charge in [0.15, 0.2) is 11.6 Å². The second-order valence-corrected chi connectivity index (χ2v) is 7.18. The number of aromatic nitrogens is 1. The van der Waals surface area contributed by atoms with Crippen LogP contribution in [0.1, 0.15) is 27.8 Å². The quantitative estimate of drug-likeness (QED) is 0.449. The third-order valence-corrected chi connectivity index (χ3v) is 4.48. The molecule has 1 aromatic heterocycles. The minimum atomic E-state index is -1.22. The van der Waals surface area contributed by atoms with Crippen molar-refractivity contribution in [3.05, 3.63) is 52.3 Å². The molecule has 1 fully saturated rings. The summed E-state index contributed by atoms with van der Waals surface area (Å²) in [5.74, 6) is -4.74. The molecule has 0 saturated carbocycles. The van der Waals surface area contributed by atoms with Crippen LogP contribution in [0.5, 0.6) is 0 Å². The van der Waals surface area contributed by atoms with Crippen LogP contribution in [0.3, 0.4) is 0 Å². The number of amides is 2. The summed E-state index contributed by atoms with van der Waals surface area (Å²) in [6, 6.07) is 3.07. The summed E-state index contributed by atoms with van der Waals surface area (Å²) in [6.45, 7) is 2.37. The molecule has 10 heteroatoms. The highest BCUT2D eigenvalue weighted by Gasteiger charge is 2.36. The van der Waals surface area contributed by atoms with Crippen LogP contribution in [0.4, 0.5) is 14.5 Å². The van der Waals surface area contributed by atoms with E-state index in [1.165, 1.54) is 23.9 Å². The van der Waals surface area contributed by atoms with E-state index in [2.05, 4.69) is 10.6 Å². The highest BCUT2D eigenvalue weighted by Crippen LogP contribution is 2.23. The van der Waals surface area contributed by atoms with E-state index in [1.807, 2.05) is 0 Å². The van der Waals surface area contributed by atoms with Crippen LogP contribution < -0.4 is 10.6 Å². The van der Waals surface area contributed by atoms with Crippen LogP contribution in [0.2, 0.25) is 5.02 Å². The lowest BCUT2D eigenvalue weighted by atomic mass is 10.00. The second-order valence-electron chi connectivity index (χ2n) is 6.77. The first-order valence-corrected chi connectivity index (χ1v) is 8.54. The van der Waals surface area contributed by atoms with E-state index in [-0.39, 0.29) is 16.9 Å². The van der Waals surface area contributed by atoms with Crippen LogP contribution in [-0.2, 0) is 16.6 Å². The molecule has 0 bridgehead atoms. The normalized spacial score (nSPS) is 14.9. The number of ether oxygens (including phenoxy) is 1. The summed E-state index contributed by atoms with van der Waals surface area (Å²) >= 11 is 5.56. The van der Waals surface area contributed by atoms with Crippen LogP contribution in [0.25, 0.3) is 0 Å². The molecule has 2 N–H and O–H groups in total. The Balaban J connectivity index is 1.75. The van der Waals surface area contributed by atoms with E-state index >= 15 is 0 Å². The van der Waals surface area contributed by atoms with Crippen LogP contribution in [0, 0.1) is 11.6 Å². The van der Waals surface area contributed by atoms with Crippen molar-refractivity contribution >= 4 is 34.9 Å². The molecule has 7 nitrogen and oxygen atoms in total. The zero-order chi connectivity index (χ0) is 20.6. The van der Waals surface area contributed by atoms with Gasteiger partial charge in [0.05, 0.1) is 23.8 Å². The fourth-order valence-corrected chi connectivity index (χ4v) is 2.89. The number of benzene rings is 1. The molecule has 3 rings (SSSR count). The summed E-state index contributed by atoms with van der Waals surface area (Å²) in [5, 5.41) is 4.47. The molecular weight excluding hydrogens is 396 g/mol. The van der Waals surface area contributed by atoms with Gasteiger partial charge in [-0.15, -0.1) is 0 Å². The molecule has 1 aliphatic rings. The van der Waals surface area contributed by atoms with E-state index in [4.69, 9.17) is 16.3 Å². The SMILES string of the molecule is Cn1cc(C(=O)C(=O)NC2(C)COC2)cc1C(=O)Nc1cc(F)c(F)c(Cl)c1. The lowest BCUT2D eigenvalue weighted by molar-refractivity contribution is -0.126. The van der Waals surface area contributed by atoms with Crippen molar-refractivity contribution < 1.29 is 27.9 Å². The molecule has 1 aliphatic heterocycles. The lowest BCUT2D eigenvalue weighted by Gasteiger charge is -2.38. The van der Waals surface area contributed by atoms with E-state index in [0.29, 0.717) is 13.2 Å². The highest BCUT2D eigenvalue weighted by atomic mass is 35.5. The Morgan fingerprint density at radius 1 is 1.21 bits per heavy atom. The molecule has 2 aromatic rings. The fraction of sp³-hybridized carbons (Fsp3) is 0.278. The van der Waals surface area contributed by atoms with Gasteiger partial charge in [-0.05, 0) is 19.1 Å². The fourth-order valence-electron chi connectivity index (χ4n) is 2.68. The Kier molecular flexibility index (Phi) is 5.22. The monoisotopic (exact) mass is 411 g/mol. The number of nitrogens with zero attached hydrogens (tertiary/aromatic N) is 1. The van der Waals surface area contributed by atoms with E-state index in [1.54, 1.807) is 6.92 Å². The number of Topliss-reactive ketones (excluding diaryl/α,β-unsaturated/α-hetero) is 1. The van der Waals surface area contributed by atoms with E-state index in [9.17, 15) is 23.2 Å². The first kappa shape index (κ1) is 20.0. The van der Waals surface area contributed by atoms with Crippen LogP contribution in [0.15, 0.2) is 24.4 Å². The number of anilines is 1. The van der Waals surface area contributed by atoms with Gasteiger partial charge >= 0.3 is 0 Å². The average molecular weight is 412 g/mol. The Morgan fingerprint density at radius 2 is 1.89 bits per heavy atom. The highest BCUT2D eigenvalue weighted by molar-refractivity contribution is 6.43. The third kappa shape index (κ3) is 3.90. The number of carbonyl (C=O) groups excluding carboxylic acids is 3. The minimum Gasteiger partial charge on any atom is -0.376 e. The van der Waals surface area contributed by atoms with Crippen molar-refractivity contribution in [3.63, 3.8) is 0 Å². The molecule has 148 valence electrons. The topological polar surface area (TPSA) is 89.4 Å². The zero-order valence-corrected chi connectivity index (χ0v) is 15.7. The van der Waals surface area contributed by atoms with Gasteiger partial charge in [-0.25, -0.2) is 8.78 Å². The number of nitrogens with one attached hydrogen (secondary N) is 2. The van der Waals surface area contributed by atoms with Crippen molar-refractivity contribution in [1.29, 1.82) is 0 Å². The Hall–Kier alpha value is -2.78. The van der Waals surface area contributed by atoms with Crippen molar-refractivity contribution in [1.82, 2.24) is 9.88 Å². The van der Waals surface area contributed by atoms with Crippen molar-refractivity contribution in [2.45, 2.75) is 12.5 Å². The Morgan fingerprint density at radius 3 is 2.46 bits per heavy atom. The van der Waals surface area contributed by atoms with E-state index in [0.717, 1.165) is 12.1 Å². The number of aryl methyl sites for hydroxylation is 1. The molecule has 1 saturated heterocycles. The zero-order valence-electron chi connectivity index (χ0n) is 14.9. The maximum absolute atomic E-state index is 13.4. The molecule has 0 spiro atoms. The largest absolute Gasteiger partial charge is 0.376 e. The van der Waals surface area contributed by atoms with Gasteiger partial charge in [-0.3, -0.25) is 14.4 Å². The minimum absolute atomic E-state index is 0.0114.